The fourth-order valence-corrected chi connectivity index (χ4v) is 2.05. The molecule has 0 spiro atoms. The van der Waals surface area contributed by atoms with E-state index in [9.17, 15) is 9.59 Å². The molecule has 1 rings (SSSR count). The molecule has 0 heterocycles. The Labute approximate surface area is 104 Å². The van der Waals surface area contributed by atoms with Crippen molar-refractivity contribution in [3.8, 4) is 0 Å². The van der Waals surface area contributed by atoms with Crippen molar-refractivity contribution in [3.63, 3.8) is 0 Å². The fourth-order valence-electron chi connectivity index (χ4n) is 1.22. The smallest absolute Gasteiger partial charge is 0.394 e. The molecule has 0 fully saturated rings. The Balaban J connectivity index is 2.51. The van der Waals surface area contributed by atoms with Gasteiger partial charge in [0.2, 0.25) is 0 Å². The molecule has 2 N–H and O–H groups in total. The van der Waals surface area contributed by atoms with Crippen molar-refractivity contribution in [2.75, 3.05) is 0 Å². The van der Waals surface area contributed by atoms with Gasteiger partial charge in [-0.25, -0.2) is 4.79 Å². The lowest BCUT2D eigenvalue weighted by molar-refractivity contribution is -0.150. The van der Waals surface area contributed by atoms with E-state index in [-0.39, 0.29) is 6.54 Å². The predicted molar refractivity (Wildman–Crippen MR) is 66.9 cm³/mol. The van der Waals surface area contributed by atoms with Gasteiger partial charge in [0, 0.05) is 16.7 Å². The van der Waals surface area contributed by atoms with Crippen LogP contribution in [0.3, 0.4) is 0 Å². The van der Waals surface area contributed by atoms with Gasteiger partial charge >= 0.3 is 11.9 Å². The van der Waals surface area contributed by atoms with E-state index in [2.05, 4.69) is 19.2 Å². The van der Waals surface area contributed by atoms with Gasteiger partial charge in [-0.3, -0.25) is 4.79 Å². The number of benzene rings is 1. The van der Waals surface area contributed by atoms with Gasteiger partial charge < -0.3 is 10.4 Å². The molecule has 0 saturated heterocycles. The molecule has 0 aromatic heterocycles. The molecule has 0 aliphatic heterocycles. The first-order chi connectivity index (χ1) is 7.99. The lowest BCUT2D eigenvalue weighted by Crippen LogP contribution is -2.29. The molecule has 4 nitrogen and oxygen atoms in total. The van der Waals surface area contributed by atoms with Crippen molar-refractivity contribution in [1.29, 1.82) is 0 Å². The summed E-state index contributed by atoms with van der Waals surface area (Å²) in [5.41, 5.74) is 0.882. The monoisotopic (exact) mass is 253 g/mol. The number of carbonyl (C=O) groups is 2. The summed E-state index contributed by atoms with van der Waals surface area (Å²) in [5, 5.41) is 11.2. The summed E-state index contributed by atoms with van der Waals surface area (Å²) in [7, 11) is 0. The Morgan fingerprint density at radius 1 is 1.29 bits per heavy atom. The summed E-state index contributed by atoms with van der Waals surface area (Å²) in [6.07, 6.45) is 0. The lowest BCUT2D eigenvalue weighted by atomic mass is 10.2. The van der Waals surface area contributed by atoms with Crippen LogP contribution in [-0.2, 0) is 16.1 Å². The van der Waals surface area contributed by atoms with Gasteiger partial charge in [-0.15, -0.1) is 11.8 Å². The van der Waals surface area contributed by atoms with Crippen LogP contribution in [0.5, 0.6) is 0 Å². The van der Waals surface area contributed by atoms with E-state index in [0.29, 0.717) is 5.25 Å². The standard InChI is InChI=1S/C12H15NO3S/c1-8(2)17-10-5-3-9(4-6-10)7-13-11(14)12(15)16/h3-6,8H,7H2,1-2H3,(H,13,14)(H,15,16). The Hall–Kier alpha value is -1.49. The van der Waals surface area contributed by atoms with E-state index in [1.165, 1.54) is 0 Å². The van der Waals surface area contributed by atoms with Crippen molar-refractivity contribution in [2.45, 2.75) is 30.5 Å². The highest BCUT2D eigenvalue weighted by molar-refractivity contribution is 7.99. The summed E-state index contributed by atoms with van der Waals surface area (Å²) in [5.74, 6) is -2.44. The summed E-state index contributed by atoms with van der Waals surface area (Å²) in [6, 6.07) is 7.69. The summed E-state index contributed by atoms with van der Waals surface area (Å²) in [4.78, 5) is 22.3. The number of carbonyl (C=O) groups excluding carboxylic acids is 1. The zero-order valence-corrected chi connectivity index (χ0v) is 10.6. The maximum Gasteiger partial charge on any atom is 0.394 e. The molecule has 92 valence electrons. The van der Waals surface area contributed by atoms with Gasteiger partial charge in [-0.2, -0.15) is 0 Å². The van der Waals surface area contributed by atoms with Crippen LogP contribution in [-0.4, -0.2) is 22.2 Å². The van der Waals surface area contributed by atoms with E-state index in [4.69, 9.17) is 5.11 Å². The second-order valence-electron chi connectivity index (χ2n) is 3.80. The van der Waals surface area contributed by atoms with Gasteiger partial charge in [0.1, 0.15) is 0 Å². The van der Waals surface area contributed by atoms with E-state index in [1.54, 1.807) is 11.8 Å². The SMILES string of the molecule is CC(C)Sc1ccc(CNC(=O)C(=O)O)cc1. The minimum absolute atomic E-state index is 0.234. The highest BCUT2D eigenvalue weighted by Gasteiger charge is 2.09. The topological polar surface area (TPSA) is 66.4 Å². The number of hydrogen-bond donors (Lipinski definition) is 2. The fraction of sp³-hybridized carbons (Fsp3) is 0.333. The van der Waals surface area contributed by atoms with Crippen molar-refractivity contribution in [3.05, 3.63) is 29.8 Å². The third kappa shape index (κ3) is 4.91. The Morgan fingerprint density at radius 3 is 2.35 bits per heavy atom. The van der Waals surface area contributed by atoms with Crippen molar-refractivity contribution in [1.82, 2.24) is 5.32 Å². The molecule has 0 radical (unpaired) electrons. The molecule has 0 atom stereocenters. The average molecular weight is 253 g/mol. The Morgan fingerprint density at radius 2 is 1.88 bits per heavy atom. The Kier molecular flexibility index (Phi) is 5.03. The van der Waals surface area contributed by atoms with Crippen LogP contribution < -0.4 is 5.32 Å². The number of nitrogens with one attached hydrogen (secondary N) is 1. The molecule has 0 bridgehead atoms. The quantitative estimate of drug-likeness (QED) is 0.635. The van der Waals surface area contributed by atoms with Gasteiger partial charge in [0.25, 0.3) is 0 Å². The number of rotatable bonds is 4. The molecule has 1 aromatic carbocycles. The van der Waals surface area contributed by atoms with Gasteiger partial charge in [-0.05, 0) is 17.7 Å². The molecule has 1 amide bonds. The van der Waals surface area contributed by atoms with E-state index < -0.39 is 11.9 Å². The average Bonchev–Trinajstić information content (AvgIpc) is 2.26. The maximum absolute atomic E-state index is 10.8. The van der Waals surface area contributed by atoms with Gasteiger partial charge in [0.15, 0.2) is 0 Å². The largest absolute Gasteiger partial charge is 0.474 e. The number of carboxylic acids is 1. The van der Waals surface area contributed by atoms with E-state index in [1.807, 2.05) is 24.3 Å². The van der Waals surface area contributed by atoms with Crippen molar-refractivity contribution < 1.29 is 14.7 Å². The van der Waals surface area contributed by atoms with Crippen LogP contribution in [0.15, 0.2) is 29.2 Å². The molecule has 0 aliphatic carbocycles. The third-order valence-electron chi connectivity index (χ3n) is 1.94. The highest BCUT2D eigenvalue weighted by Crippen LogP contribution is 2.22. The molecule has 0 aliphatic rings. The molecule has 17 heavy (non-hydrogen) atoms. The number of carboxylic acid groups (broad SMARTS) is 1. The minimum Gasteiger partial charge on any atom is -0.474 e. The van der Waals surface area contributed by atoms with Crippen molar-refractivity contribution >= 4 is 23.6 Å². The van der Waals surface area contributed by atoms with Crippen LogP contribution in [0, 0.1) is 0 Å². The molecule has 0 saturated carbocycles. The van der Waals surface area contributed by atoms with E-state index in [0.717, 1.165) is 10.5 Å². The first-order valence-corrected chi connectivity index (χ1v) is 6.13. The van der Waals surface area contributed by atoms with Crippen molar-refractivity contribution in [2.24, 2.45) is 0 Å². The normalized spacial score (nSPS) is 10.3. The third-order valence-corrected chi connectivity index (χ3v) is 2.96. The van der Waals surface area contributed by atoms with Crippen LogP contribution in [0.4, 0.5) is 0 Å². The highest BCUT2D eigenvalue weighted by atomic mass is 32.2. The Bertz CT molecular complexity index is 401. The zero-order valence-electron chi connectivity index (χ0n) is 9.77. The molecular weight excluding hydrogens is 238 g/mol. The molecule has 5 heteroatoms. The van der Waals surface area contributed by atoms with Gasteiger partial charge in [-0.1, -0.05) is 26.0 Å². The van der Waals surface area contributed by atoms with E-state index >= 15 is 0 Å². The summed E-state index contributed by atoms with van der Waals surface area (Å²) >= 11 is 1.75. The number of hydrogen-bond acceptors (Lipinski definition) is 3. The van der Waals surface area contributed by atoms with Crippen LogP contribution in [0.2, 0.25) is 0 Å². The number of thioether (sulfide) groups is 1. The lowest BCUT2D eigenvalue weighted by Gasteiger charge is -2.06. The first-order valence-electron chi connectivity index (χ1n) is 5.25. The predicted octanol–water partition coefficient (Wildman–Crippen LogP) is 1.89. The number of aliphatic carboxylic acids is 1. The maximum atomic E-state index is 10.8. The van der Waals surface area contributed by atoms with Crippen LogP contribution in [0.1, 0.15) is 19.4 Å². The molecular formula is C12H15NO3S. The minimum atomic E-state index is -1.46. The summed E-state index contributed by atoms with van der Waals surface area (Å²) in [6.45, 7) is 4.47. The van der Waals surface area contributed by atoms with Crippen LogP contribution in [0.25, 0.3) is 0 Å². The summed E-state index contributed by atoms with van der Waals surface area (Å²) < 4.78 is 0. The second kappa shape index (κ2) is 6.30. The first kappa shape index (κ1) is 13.6. The second-order valence-corrected chi connectivity index (χ2v) is 5.45. The number of amides is 1. The van der Waals surface area contributed by atoms with Gasteiger partial charge in [0.05, 0.1) is 0 Å². The molecule has 0 unspecified atom stereocenters. The zero-order chi connectivity index (χ0) is 12.8. The van der Waals surface area contributed by atoms with Crippen LogP contribution >= 0.6 is 11.8 Å². The molecule has 1 aromatic rings.